The van der Waals surface area contributed by atoms with Crippen molar-refractivity contribution in [1.29, 1.82) is 0 Å². The van der Waals surface area contributed by atoms with Crippen LogP contribution in [0.1, 0.15) is 18.4 Å². The van der Waals surface area contributed by atoms with E-state index < -0.39 is 10.0 Å². The van der Waals surface area contributed by atoms with Crippen LogP contribution in [-0.4, -0.2) is 68.0 Å². The van der Waals surface area contributed by atoms with Gasteiger partial charge < -0.3 is 19.2 Å². The first-order chi connectivity index (χ1) is 15.0. The van der Waals surface area contributed by atoms with Crippen molar-refractivity contribution in [2.24, 2.45) is 4.99 Å². The van der Waals surface area contributed by atoms with E-state index in [4.69, 9.17) is 13.9 Å². The second kappa shape index (κ2) is 11.1. The molecule has 11 heteroatoms. The second-order valence-corrected chi connectivity index (χ2v) is 9.34. The fraction of sp³-hybridized carbons (Fsp3) is 0.429. The van der Waals surface area contributed by atoms with E-state index in [1.807, 2.05) is 31.2 Å². The van der Waals surface area contributed by atoms with Crippen molar-refractivity contribution in [1.82, 2.24) is 19.7 Å². The van der Waals surface area contributed by atoms with Gasteiger partial charge in [0.25, 0.3) is 0 Å². The number of halogens is 1. The molecule has 0 amide bonds. The maximum Gasteiger partial charge on any atom is 0.220 e. The Bertz CT molecular complexity index is 1090. The van der Waals surface area contributed by atoms with E-state index in [0.717, 1.165) is 29.2 Å². The third-order valence-corrected chi connectivity index (χ3v) is 7.00. The first kappa shape index (κ1) is 24.5. The third-order valence-electron chi connectivity index (χ3n) is 5.18. The molecule has 0 spiro atoms. The number of aromatic nitrogens is 1. The molecule has 1 aromatic carbocycles. The molecule has 1 aliphatic heterocycles. The first-order valence-electron chi connectivity index (χ1n) is 10.4. The van der Waals surface area contributed by atoms with Crippen LogP contribution in [0.5, 0.6) is 0 Å². The summed E-state index contributed by atoms with van der Waals surface area (Å²) >= 11 is 0. The highest BCUT2D eigenvalue weighted by molar-refractivity contribution is 14.0. The molecular formula is C21H28IN5O4S. The Balaban J connectivity index is 0.00000289. The summed E-state index contributed by atoms with van der Waals surface area (Å²) in [4.78, 5) is 6.83. The topological polar surface area (TPSA) is 104 Å². The highest BCUT2D eigenvalue weighted by atomic mass is 127. The summed E-state index contributed by atoms with van der Waals surface area (Å²) in [5.41, 5.74) is 1.30. The second-order valence-electron chi connectivity index (χ2n) is 7.37. The molecule has 0 radical (unpaired) electrons. The Morgan fingerprint density at radius 1 is 1.19 bits per heavy atom. The minimum atomic E-state index is -3.42. The van der Waals surface area contributed by atoms with Crippen LogP contribution in [0, 0.1) is 0 Å². The Morgan fingerprint density at radius 3 is 2.66 bits per heavy atom. The molecule has 2 aromatic heterocycles. The van der Waals surface area contributed by atoms with Gasteiger partial charge in [0, 0.05) is 57.1 Å². The van der Waals surface area contributed by atoms with Gasteiger partial charge in [0.15, 0.2) is 5.96 Å². The monoisotopic (exact) mass is 573 g/mol. The van der Waals surface area contributed by atoms with Crippen molar-refractivity contribution < 1.29 is 17.4 Å². The molecule has 0 saturated carbocycles. The lowest BCUT2D eigenvalue weighted by Crippen LogP contribution is -2.54. The van der Waals surface area contributed by atoms with E-state index in [-0.39, 0.29) is 29.7 Å². The van der Waals surface area contributed by atoms with Crippen molar-refractivity contribution in [3.8, 4) is 0 Å². The summed E-state index contributed by atoms with van der Waals surface area (Å²) in [5, 5.41) is 8.11. The average Bonchev–Trinajstić information content (AvgIpc) is 3.42. The highest BCUT2D eigenvalue weighted by Gasteiger charge is 2.29. The molecule has 0 bridgehead atoms. The number of furan rings is 1. The van der Waals surface area contributed by atoms with Crippen LogP contribution in [0.2, 0.25) is 0 Å². The maximum absolute atomic E-state index is 12.6. The lowest BCUT2D eigenvalue weighted by atomic mass is 10.2. The highest BCUT2D eigenvalue weighted by Crippen LogP contribution is 2.19. The van der Waals surface area contributed by atoms with Gasteiger partial charge in [0.2, 0.25) is 10.0 Å². The van der Waals surface area contributed by atoms with Crippen LogP contribution in [0.25, 0.3) is 11.0 Å². The van der Waals surface area contributed by atoms with Gasteiger partial charge in [-0.25, -0.2) is 8.42 Å². The van der Waals surface area contributed by atoms with Crippen molar-refractivity contribution >= 4 is 50.9 Å². The number of para-hydroxylation sites is 1. The molecule has 3 aromatic rings. The lowest BCUT2D eigenvalue weighted by molar-refractivity contribution is 0.260. The number of nitrogens with one attached hydrogen (secondary N) is 1. The number of aliphatic imine (C=N–C) groups is 1. The average molecular weight is 573 g/mol. The molecule has 3 heterocycles. The van der Waals surface area contributed by atoms with Crippen molar-refractivity contribution in [3.63, 3.8) is 0 Å². The van der Waals surface area contributed by atoms with Crippen LogP contribution in [-0.2, 0) is 22.2 Å². The zero-order chi connectivity index (χ0) is 21.7. The smallest absolute Gasteiger partial charge is 0.220 e. The molecule has 9 nitrogen and oxygen atoms in total. The number of benzene rings is 1. The molecule has 1 saturated heterocycles. The lowest BCUT2D eigenvalue weighted by Gasteiger charge is -2.35. The normalized spacial score (nSPS) is 15.7. The predicted octanol–water partition coefficient (Wildman–Crippen LogP) is 2.69. The summed E-state index contributed by atoms with van der Waals surface area (Å²) < 4.78 is 37.4. The molecule has 174 valence electrons. The SMILES string of the molecule is CCNC(=NCCc1cc2ccccc2o1)N1CCN(S(=O)(=O)Cc2ccon2)CC1.I. The number of fused-ring (bicyclic) bond motifs is 1. The summed E-state index contributed by atoms with van der Waals surface area (Å²) in [7, 11) is -3.42. The number of hydrogen-bond acceptors (Lipinski definition) is 6. The van der Waals surface area contributed by atoms with Crippen LogP contribution in [0.15, 0.2) is 56.6 Å². The number of hydrogen-bond donors (Lipinski definition) is 1. The Morgan fingerprint density at radius 2 is 1.97 bits per heavy atom. The number of sulfonamides is 1. The summed E-state index contributed by atoms with van der Waals surface area (Å²) in [6, 6.07) is 11.6. The van der Waals surface area contributed by atoms with E-state index in [9.17, 15) is 8.42 Å². The molecule has 1 fully saturated rings. The Hall–Kier alpha value is -2.12. The van der Waals surface area contributed by atoms with Gasteiger partial charge in [0.05, 0.1) is 5.69 Å². The number of rotatable bonds is 7. The number of guanidine groups is 1. The molecule has 0 aliphatic carbocycles. The van der Waals surface area contributed by atoms with Gasteiger partial charge >= 0.3 is 0 Å². The van der Waals surface area contributed by atoms with Crippen molar-refractivity contribution in [2.45, 2.75) is 19.1 Å². The maximum atomic E-state index is 12.6. The quantitative estimate of drug-likeness (QED) is 0.263. The minimum absolute atomic E-state index is 0. The molecule has 32 heavy (non-hydrogen) atoms. The van der Waals surface area contributed by atoms with E-state index in [1.165, 1.54) is 10.6 Å². The van der Waals surface area contributed by atoms with Crippen molar-refractivity contribution in [3.05, 3.63) is 54.1 Å². The van der Waals surface area contributed by atoms with Gasteiger partial charge in [-0.05, 0) is 19.1 Å². The van der Waals surface area contributed by atoms with Gasteiger partial charge in [0.1, 0.15) is 23.4 Å². The molecule has 1 aliphatic rings. The van der Waals surface area contributed by atoms with Crippen LogP contribution < -0.4 is 5.32 Å². The molecule has 1 N–H and O–H groups in total. The van der Waals surface area contributed by atoms with Gasteiger partial charge in [-0.15, -0.1) is 24.0 Å². The third kappa shape index (κ3) is 6.01. The first-order valence-corrected chi connectivity index (χ1v) is 12.0. The van der Waals surface area contributed by atoms with Crippen LogP contribution >= 0.6 is 24.0 Å². The van der Waals surface area contributed by atoms with Crippen LogP contribution in [0.3, 0.4) is 0 Å². The van der Waals surface area contributed by atoms with E-state index >= 15 is 0 Å². The largest absolute Gasteiger partial charge is 0.461 e. The minimum Gasteiger partial charge on any atom is -0.461 e. The summed E-state index contributed by atoms with van der Waals surface area (Å²) in [6.45, 7) is 5.33. The fourth-order valence-electron chi connectivity index (χ4n) is 3.63. The number of piperazine rings is 1. The summed E-state index contributed by atoms with van der Waals surface area (Å²) in [5.74, 6) is 1.56. The van der Waals surface area contributed by atoms with Crippen LogP contribution in [0.4, 0.5) is 0 Å². The molecule has 4 rings (SSSR count). The fourth-order valence-corrected chi connectivity index (χ4v) is 5.05. The van der Waals surface area contributed by atoms with Gasteiger partial charge in [-0.3, -0.25) is 4.99 Å². The van der Waals surface area contributed by atoms with E-state index in [1.54, 1.807) is 6.07 Å². The molecule has 0 atom stereocenters. The Kier molecular flexibility index (Phi) is 8.54. The number of nitrogens with zero attached hydrogens (tertiary/aromatic N) is 4. The van der Waals surface area contributed by atoms with E-state index in [0.29, 0.717) is 44.8 Å². The molecule has 0 unspecified atom stereocenters. The van der Waals surface area contributed by atoms with Crippen molar-refractivity contribution in [2.75, 3.05) is 39.3 Å². The molecular weight excluding hydrogens is 545 g/mol. The standard InChI is InChI=1S/C21H27N5O4S.HI/c1-2-22-21(23-9-7-19-15-17-5-3-4-6-20(17)30-19)25-10-12-26(13-11-25)31(27,28)16-18-8-14-29-24-18;/h3-6,8,14-15H,2,7,9-13,16H2,1H3,(H,22,23);1H. The zero-order valence-corrected chi connectivity index (χ0v) is 21.1. The van der Waals surface area contributed by atoms with E-state index in [2.05, 4.69) is 21.4 Å². The predicted molar refractivity (Wildman–Crippen MR) is 134 cm³/mol. The zero-order valence-electron chi connectivity index (χ0n) is 17.9. The van der Waals surface area contributed by atoms with Gasteiger partial charge in [-0.1, -0.05) is 23.4 Å². The Labute approximate surface area is 204 Å². The van der Waals surface area contributed by atoms with Gasteiger partial charge in [-0.2, -0.15) is 4.31 Å². The summed E-state index contributed by atoms with van der Waals surface area (Å²) in [6.07, 6.45) is 2.09.